The molecule has 3 rings (SSSR count). The van der Waals surface area contributed by atoms with E-state index in [9.17, 15) is 4.79 Å². The molecule has 2 aromatic rings. The third kappa shape index (κ3) is 3.80. The van der Waals surface area contributed by atoms with E-state index >= 15 is 0 Å². The van der Waals surface area contributed by atoms with E-state index in [2.05, 4.69) is 33.4 Å². The minimum Gasteiger partial charge on any atom is -0.335 e. The zero-order valence-corrected chi connectivity index (χ0v) is 14.7. The molecule has 6 heteroatoms. The van der Waals surface area contributed by atoms with Crippen LogP contribution in [0.3, 0.4) is 0 Å². The van der Waals surface area contributed by atoms with Crippen LogP contribution in [0.4, 0.5) is 0 Å². The van der Waals surface area contributed by atoms with Crippen LogP contribution >= 0.6 is 0 Å². The zero-order chi connectivity index (χ0) is 17.1. The van der Waals surface area contributed by atoms with Crippen molar-refractivity contribution in [2.75, 3.05) is 0 Å². The van der Waals surface area contributed by atoms with Gasteiger partial charge in [0.05, 0.1) is 12.2 Å². The van der Waals surface area contributed by atoms with Gasteiger partial charge in [-0.1, -0.05) is 13.8 Å². The largest absolute Gasteiger partial charge is 0.335 e. The minimum atomic E-state index is 0.191. The molecule has 1 aliphatic heterocycles. The fourth-order valence-electron chi connectivity index (χ4n) is 3.03. The van der Waals surface area contributed by atoms with E-state index in [0.717, 1.165) is 42.3 Å². The Balaban J connectivity index is 1.53. The molecule has 0 unspecified atom stereocenters. The van der Waals surface area contributed by atoms with Gasteiger partial charge < -0.3 is 9.47 Å². The Labute approximate surface area is 142 Å². The summed E-state index contributed by atoms with van der Waals surface area (Å²) < 4.78 is 2.08. The molecule has 0 radical (unpaired) electrons. The molecule has 1 amide bonds. The van der Waals surface area contributed by atoms with Crippen LogP contribution in [-0.4, -0.2) is 30.3 Å². The van der Waals surface area contributed by atoms with Crippen LogP contribution in [0.2, 0.25) is 0 Å². The third-order valence-corrected chi connectivity index (χ3v) is 4.36. The van der Waals surface area contributed by atoms with Gasteiger partial charge in [-0.3, -0.25) is 4.79 Å². The second-order valence-electron chi connectivity index (χ2n) is 6.88. The first-order chi connectivity index (χ1) is 11.5. The lowest BCUT2D eigenvalue weighted by atomic mass is 10.1. The van der Waals surface area contributed by atoms with Crippen LogP contribution in [0, 0.1) is 12.8 Å². The van der Waals surface area contributed by atoms with E-state index in [4.69, 9.17) is 0 Å². The molecular weight excluding hydrogens is 302 g/mol. The van der Waals surface area contributed by atoms with Crippen molar-refractivity contribution in [3.8, 4) is 0 Å². The second kappa shape index (κ2) is 7.11. The number of aromatic nitrogens is 4. The Morgan fingerprint density at radius 1 is 1.29 bits per heavy atom. The predicted molar refractivity (Wildman–Crippen MR) is 91.0 cm³/mol. The van der Waals surface area contributed by atoms with Crippen LogP contribution in [0.25, 0.3) is 0 Å². The molecule has 0 bridgehead atoms. The summed E-state index contributed by atoms with van der Waals surface area (Å²) in [7, 11) is 0. The third-order valence-electron chi connectivity index (χ3n) is 4.36. The van der Waals surface area contributed by atoms with Crippen LogP contribution in [0.5, 0.6) is 0 Å². The summed E-state index contributed by atoms with van der Waals surface area (Å²) in [6, 6.07) is 0. The molecule has 24 heavy (non-hydrogen) atoms. The molecule has 0 aromatic carbocycles. The summed E-state index contributed by atoms with van der Waals surface area (Å²) in [5.74, 6) is 2.60. The number of aryl methyl sites for hydroxylation is 2. The number of carbonyl (C=O) groups is 1. The Hall–Kier alpha value is -2.24. The summed E-state index contributed by atoms with van der Waals surface area (Å²) in [5, 5.41) is 0. The number of rotatable bonds is 6. The van der Waals surface area contributed by atoms with Crippen molar-refractivity contribution in [2.24, 2.45) is 5.92 Å². The molecule has 1 aliphatic rings. The monoisotopic (exact) mass is 327 g/mol. The second-order valence-corrected chi connectivity index (χ2v) is 6.88. The predicted octanol–water partition coefficient (Wildman–Crippen LogP) is 2.50. The molecule has 0 fully saturated rings. The van der Waals surface area contributed by atoms with Crippen LogP contribution in [-0.2, 0) is 30.8 Å². The highest BCUT2D eigenvalue weighted by atomic mass is 16.2. The van der Waals surface area contributed by atoms with Crippen LogP contribution in [0.1, 0.15) is 49.6 Å². The average Bonchev–Trinajstić information content (AvgIpc) is 3.12. The highest BCUT2D eigenvalue weighted by molar-refractivity contribution is 5.76. The minimum absolute atomic E-state index is 0.191. The lowest BCUT2D eigenvalue weighted by Crippen LogP contribution is -2.25. The smallest absolute Gasteiger partial charge is 0.223 e. The molecule has 0 atom stereocenters. The normalized spacial score (nSPS) is 13.6. The molecule has 128 valence electrons. The van der Waals surface area contributed by atoms with Crippen molar-refractivity contribution in [3.63, 3.8) is 0 Å². The lowest BCUT2D eigenvalue weighted by molar-refractivity contribution is -0.132. The maximum Gasteiger partial charge on any atom is 0.223 e. The first-order valence-electron chi connectivity index (χ1n) is 8.62. The topological polar surface area (TPSA) is 63.9 Å². The number of hydrogen-bond acceptors (Lipinski definition) is 4. The van der Waals surface area contributed by atoms with Crippen molar-refractivity contribution < 1.29 is 4.79 Å². The molecule has 0 spiro atoms. The van der Waals surface area contributed by atoms with Gasteiger partial charge in [0.25, 0.3) is 0 Å². The molecular formula is C18H25N5O. The van der Waals surface area contributed by atoms with Crippen molar-refractivity contribution in [3.05, 3.63) is 41.5 Å². The average molecular weight is 327 g/mol. The van der Waals surface area contributed by atoms with E-state index < -0.39 is 0 Å². The van der Waals surface area contributed by atoms with Crippen LogP contribution < -0.4 is 0 Å². The van der Waals surface area contributed by atoms with Gasteiger partial charge in [-0.05, 0) is 19.3 Å². The Kier molecular flexibility index (Phi) is 4.92. The van der Waals surface area contributed by atoms with Gasteiger partial charge in [0.1, 0.15) is 11.6 Å². The molecule has 0 saturated heterocycles. The summed E-state index contributed by atoms with van der Waals surface area (Å²) in [6.45, 7) is 8.39. The summed E-state index contributed by atoms with van der Waals surface area (Å²) >= 11 is 0. The van der Waals surface area contributed by atoms with Crippen molar-refractivity contribution in [1.29, 1.82) is 0 Å². The summed E-state index contributed by atoms with van der Waals surface area (Å²) in [6.07, 6.45) is 7.90. The maximum absolute atomic E-state index is 12.4. The van der Waals surface area contributed by atoms with E-state index in [-0.39, 0.29) is 5.91 Å². The van der Waals surface area contributed by atoms with Gasteiger partial charge in [-0.2, -0.15) is 0 Å². The number of amides is 1. The van der Waals surface area contributed by atoms with Gasteiger partial charge in [0.15, 0.2) is 0 Å². The first-order valence-corrected chi connectivity index (χ1v) is 8.62. The van der Waals surface area contributed by atoms with Gasteiger partial charge in [-0.25, -0.2) is 15.0 Å². The number of nitrogens with zero attached hydrogens (tertiary/aromatic N) is 5. The quantitative estimate of drug-likeness (QED) is 0.818. The van der Waals surface area contributed by atoms with Crippen molar-refractivity contribution >= 4 is 5.91 Å². The standard InChI is InChI=1S/C18H25N5O/c1-13(2)9-17-20-10-15-11-23(12-16(15)21-17)18(24)5-4-7-22-8-6-19-14(22)3/h6,8,10,13H,4-5,7,9,11-12H2,1-3H3. The van der Waals surface area contributed by atoms with Crippen molar-refractivity contribution in [2.45, 2.75) is 59.7 Å². The molecule has 6 nitrogen and oxygen atoms in total. The van der Waals surface area contributed by atoms with Gasteiger partial charge in [0.2, 0.25) is 5.91 Å². The number of hydrogen-bond donors (Lipinski definition) is 0. The molecule has 2 aromatic heterocycles. The van der Waals surface area contributed by atoms with Gasteiger partial charge in [-0.15, -0.1) is 0 Å². The summed E-state index contributed by atoms with van der Waals surface area (Å²) in [4.78, 5) is 27.6. The van der Waals surface area contributed by atoms with E-state index in [0.29, 0.717) is 25.4 Å². The first kappa shape index (κ1) is 16.6. The van der Waals surface area contributed by atoms with Gasteiger partial charge >= 0.3 is 0 Å². The Bertz CT molecular complexity index is 722. The van der Waals surface area contributed by atoms with Crippen LogP contribution in [0.15, 0.2) is 18.6 Å². The summed E-state index contributed by atoms with van der Waals surface area (Å²) in [5.41, 5.74) is 2.10. The Morgan fingerprint density at radius 2 is 2.12 bits per heavy atom. The number of carbonyl (C=O) groups excluding carboxylic acids is 1. The van der Waals surface area contributed by atoms with Gasteiger partial charge in [0, 0.05) is 50.1 Å². The SMILES string of the molecule is Cc1nccn1CCCC(=O)N1Cc2cnc(CC(C)C)nc2C1. The lowest BCUT2D eigenvalue weighted by Gasteiger charge is -2.15. The zero-order valence-electron chi connectivity index (χ0n) is 14.7. The fraction of sp³-hybridized carbons (Fsp3) is 0.556. The highest BCUT2D eigenvalue weighted by Gasteiger charge is 2.24. The molecule has 3 heterocycles. The highest BCUT2D eigenvalue weighted by Crippen LogP contribution is 2.22. The Morgan fingerprint density at radius 3 is 2.83 bits per heavy atom. The maximum atomic E-state index is 12.4. The number of fused-ring (bicyclic) bond motifs is 1. The number of imidazole rings is 1. The van der Waals surface area contributed by atoms with Crippen molar-refractivity contribution in [1.82, 2.24) is 24.4 Å². The molecule has 0 N–H and O–H groups in total. The van der Waals surface area contributed by atoms with E-state index in [1.54, 1.807) is 6.20 Å². The van der Waals surface area contributed by atoms with E-state index in [1.165, 1.54) is 0 Å². The van der Waals surface area contributed by atoms with E-state index in [1.807, 2.05) is 24.2 Å². The molecule has 0 aliphatic carbocycles. The fourth-order valence-corrected chi connectivity index (χ4v) is 3.03. The molecule has 0 saturated carbocycles.